The largest absolute Gasteiger partial charge is 0.506 e. The van der Waals surface area contributed by atoms with Crippen molar-refractivity contribution in [3.8, 4) is 5.75 Å². The number of para-hydroxylation sites is 1. The number of phenols is 1. The van der Waals surface area contributed by atoms with E-state index in [0.717, 1.165) is 5.56 Å². The van der Waals surface area contributed by atoms with Gasteiger partial charge in [-0.2, -0.15) is 0 Å². The van der Waals surface area contributed by atoms with Gasteiger partial charge in [0.25, 0.3) is 5.91 Å². The van der Waals surface area contributed by atoms with Crippen molar-refractivity contribution >= 4 is 35.8 Å². The van der Waals surface area contributed by atoms with E-state index in [0.29, 0.717) is 21.7 Å². The summed E-state index contributed by atoms with van der Waals surface area (Å²) in [5, 5.41) is 10.7. The average Bonchev–Trinajstić information content (AvgIpc) is 2.82. The molecule has 0 unspecified atom stereocenters. The molecule has 2 aromatic carbocycles. The quantitative estimate of drug-likeness (QED) is 0.792. The normalized spacial score (nSPS) is 17.6. The number of rotatable bonds is 3. The summed E-state index contributed by atoms with van der Waals surface area (Å²) in [6, 6.07) is 10.2. The fourth-order valence-electron chi connectivity index (χ4n) is 3.20. The van der Waals surface area contributed by atoms with E-state index in [2.05, 4.69) is 0 Å². The van der Waals surface area contributed by atoms with Gasteiger partial charge in [-0.25, -0.2) is 0 Å². The van der Waals surface area contributed by atoms with Crippen molar-refractivity contribution < 1.29 is 19.2 Å². The second-order valence-corrected chi connectivity index (χ2v) is 8.54. The van der Waals surface area contributed by atoms with E-state index in [-0.39, 0.29) is 11.7 Å². The maximum atomic E-state index is 13.1. The minimum Gasteiger partial charge on any atom is -0.506 e. The van der Waals surface area contributed by atoms with E-state index < -0.39 is 18.3 Å². The molecule has 28 heavy (non-hydrogen) atoms. The van der Waals surface area contributed by atoms with Crippen molar-refractivity contribution in [1.29, 1.82) is 0 Å². The lowest BCUT2D eigenvalue weighted by Crippen LogP contribution is -2.41. The fraction of sp³-hybridized carbons (Fsp3) is 0.381. The summed E-state index contributed by atoms with van der Waals surface area (Å²) in [7, 11) is 0.968. The third-order valence-electron chi connectivity index (χ3n) is 5.61. The van der Waals surface area contributed by atoms with Crippen LogP contribution in [0.5, 0.6) is 5.75 Å². The number of amides is 1. The zero-order valence-electron chi connectivity index (χ0n) is 17.0. The molecule has 0 aromatic heterocycles. The number of carbonyl (C=O) groups excluding carboxylic acids is 1. The van der Waals surface area contributed by atoms with Gasteiger partial charge in [-0.15, -0.1) is 0 Å². The number of aromatic hydroxyl groups is 1. The summed E-state index contributed by atoms with van der Waals surface area (Å²) in [4.78, 5) is 14.5. The SMILES string of the molecule is Cc1cccc(O)c1N(C)C(=O)c1ccc(Cl)c(B2OC(C)(C)C(C)(C)O2)c1. The zero-order chi connectivity index (χ0) is 20.9. The van der Waals surface area contributed by atoms with Crippen molar-refractivity contribution in [3.05, 3.63) is 52.5 Å². The van der Waals surface area contributed by atoms with Crippen molar-refractivity contribution in [2.45, 2.75) is 45.8 Å². The third kappa shape index (κ3) is 3.52. The van der Waals surface area contributed by atoms with E-state index in [9.17, 15) is 9.90 Å². The first-order chi connectivity index (χ1) is 12.9. The number of nitrogens with zero attached hydrogens (tertiary/aromatic N) is 1. The maximum Gasteiger partial charge on any atom is 0.496 e. The van der Waals surface area contributed by atoms with Crippen LogP contribution in [0.4, 0.5) is 5.69 Å². The van der Waals surface area contributed by atoms with Crippen LogP contribution < -0.4 is 10.4 Å². The Bertz CT molecular complexity index is 892. The van der Waals surface area contributed by atoms with Crippen molar-refractivity contribution in [2.24, 2.45) is 0 Å². The molecule has 148 valence electrons. The second-order valence-electron chi connectivity index (χ2n) is 8.13. The minimum absolute atomic E-state index is 0.0518. The van der Waals surface area contributed by atoms with Gasteiger partial charge in [0.1, 0.15) is 5.75 Å². The van der Waals surface area contributed by atoms with Crippen LogP contribution in [0.3, 0.4) is 0 Å². The first-order valence-corrected chi connectivity index (χ1v) is 9.54. The summed E-state index contributed by atoms with van der Waals surface area (Å²) in [5.41, 5.74) is 1.29. The Labute approximate surface area is 171 Å². The third-order valence-corrected chi connectivity index (χ3v) is 5.95. The molecule has 1 aliphatic heterocycles. The van der Waals surface area contributed by atoms with Gasteiger partial charge in [-0.3, -0.25) is 4.79 Å². The zero-order valence-corrected chi connectivity index (χ0v) is 17.8. The molecule has 0 saturated carbocycles. The highest BCUT2D eigenvalue weighted by molar-refractivity contribution is 6.65. The van der Waals surface area contributed by atoms with E-state index in [1.807, 2.05) is 40.7 Å². The number of anilines is 1. The average molecular weight is 402 g/mol. The molecule has 1 aliphatic rings. The minimum atomic E-state index is -0.664. The summed E-state index contributed by atoms with van der Waals surface area (Å²) >= 11 is 6.39. The molecule has 0 spiro atoms. The molecule has 0 bridgehead atoms. The van der Waals surface area contributed by atoms with Crippen LogP contribution in [-0.4, -0.2) is 36.4 Å². The lowest BCUT2D eigenvalue weighted by atomic mass is 9.78. The monoisotopic (exact) mass is 401 g/mol. The number of halogens is 1. The lowest BCUT2D eigenvalue weighted by molar-refractivity contribution is 0.00578. The van der Waals surface area contributed by atoms with E-state index in [4.69, 9.17) is 20.9 Å². The van der Waals surface area contributed by atoms with Gasteiger partial charge in [0.15, 0.2) is 0 Å². The molecule has 3 rings (SSSR count). The molecule has 1 fully saturated rings. The highest BCUT2D eigenvalue weighted by Crippen LogP contribution is 2.37. The van der Waals surface area contributed by atoms with Gasteiger partial charge in [-0.05, 0) is 64.4 Å². The molecule has 0 radical (unpaired) electrons. The summed E-state index contributed by atoms with van der Waals surface area (Å²) in [6.07, 6.45) is 0. The van der Waals surface area contributed by atoms with Crippen LogP contribution in [0.1, 0.15) is 43.6 Å². The Kier molecular flexibility index (Phi) is 5.25. The van der Waals surface area contributed by atoms with E-state index >= 15 is 0 Å². The Morgan fingerprint density at radius 1 is 1.11 bits per heavy atom. The molecular weight excluding hydrogens is 376 g/mol. The highest BCUT2D eigenvalue weighted by Gasteiger charge is 2.52. The molecule has 7 heteroatoms. The molecular formula is C21H25BClNO4. The van der Waals surface area contributed by atoms with Gasteiger partial charge in [-0.1, -0.05) is 23.7 Å². The number of hydrogen-bond donors (Lipinski definition) is 1. The molecule has 1 heterocycles. The Balaban J connectivity index is 1.95. The van der Waals surface area contributed by atoms with Crippen LogP contribution in [0, 0.1) is 6.92 Å². The first-order valence-electron chi connectivity index (χ1n) is 9.16. The van der Waals surface area contributed by atoms with Gasteiger partial charge < -0.3 is 19.3 Å². The van der Waals surface area contributed by atoms with Crippen LogP contribution in [0.25, 0.3) is 0 Å². The Hall–Kier alpha value is -2.02. The van der Waals surface area contributed by atoms with Gasteiger partial charge in [0, 0.05) is 23.1 Å². The number of carbonyl (C=O) groups is 1. The number of phenolic OH excluding ortho intramolecular Hbond substituents is 1. The smallest absolute Gasteiger partial charge is 0.496 e. The van der Waals surface area contributed by atoms with Gasteiger partial charge in [0.2, 0.25) is 0 Å². The van der Waals surface area contributed by atoms with Crippen LogP contribution >= 0.6 is 11.6 Å². The van der Waals surface area contributed by atoms with Crippen molar-refractivity contribution in [1.82, 2.24) is 0 Å². The number of benzene rings is 2. The van der Waals surface area contributed by atoms with Crippen LogP contribution in [0.15, 0.2) is 36.4 Å². The van der Waals surface area contributed by atoms with Gasteiger partial charge >= 0.3 is 7.12 Å². The fourth-order valence-corrected chi connectivity index (χ4v) is 3.41. The molecule has 1 amide bonds. The van der Waals surface area contributed by atoms with Crippen LogP contribution in [-0.2, 0) is 9.31 Å². The molecule has 0 atom stereocenters. The van der Waals surface area contributed by atoms with E-state index in [1.54, 1.807) is 37.4 Å². The lowest BCUT2D eigenvalue weighted by Gasteiger charge is -2.32. The summed E-state index contributed by atoms with van der Waals surface area (Å²) in [5.74, 6) is -0.213. The number of hydrogen-bond acceptors (Lipinski definition) is 4. The maximum absolute atomic E-state index is 13.1. The number of aryl methyl sites for hydroxylation is 1. The molecule has 1 N–H and O–H groups in total. The second kappa shape index (κ2) is 7.10. The highest BCUT2D eigenvalue weighted by atomic mass is 35.5. The first kappa shape index (κ1) is 20.7. The van der Waals surface area contributed by atoms with Crippen molar-refractivity contribution in [3.63, 3.8) is 0 Å². The van der Waals surface area contributed by atoms with Gasteiger partial charge in [0.05, 0.1) is 16.9 Å². The molecule has 1 saturated heterocycles. The van der Waals surface area contributed by atoms with E-state index in [1.165, 1.54) is 4.90 Å². The predicted molar refractivity (Wildman–Crippen MR) is 113 cm³/mol. The predicted octanol–water partition coefficient (Wildman–Crippen LogP) is 3.93. The molecule has 2 aromatic rings. The van der Waals surface area contributed by atoms with Crippen LogP contribution in [0.2, 0.25) is 5.02 Å². The standard InChI is InChI=1S/C21H25BClNO4/c1-13-8-7-9-17(25)18(13)24(6)19(26)14-10-11-16(23)15(12-14)22-27-20(2,3)21(4,5)28-22/h7-12,25H,1-6H3. The Morgan fingerprint density at radius 2 is 1.71 bits per heavy atom. The molecule has 5 nitrogen and oxygen atoms in total. The van der Waals surface area contributed by atoms with Crippen molar-refractivity contribution in [2.75, 3.05) is 11.9 Å². The molecule has 0 aliphatic carbocycles. The summed E-state index contributed by atoms with van der Waals surface area (Å²) in [6.45, 7) is 9.70. The topological polar surface area (TPSA) is 59.0 Å². The Morgan fingerprint density at radius 3 is 2.29 bits per heavy atom. The summed E-state index contributed by atoms with van der Waals surface area (Å²) < 4.78 is 12.2.